The minimum atomic E-state index is -0.447. The van der Waals surface area contributed by atoms with Crippen LogP contribution in [0.15, 0.2) is 39.4 Å². The number of hydrogen-bond acceptors (Lipinski definition) is 7. The number of aromatic nitrogens is 1. The van der Waals surface area contributed by atoms with Gasteiger partial charge in [0.25, 0.3) is 5.91 Å². The number of rotatable bonds is 7. The van der Waals surface area contributed by atoms with Gasteiger partial charge < -0.3 is 23.0 Å². The fourth-order valence-electron chi connectivity index (χ4n) is 2.59. The van der Waals surface area contributed by atoms with Crippen LogP contribution in [0.3, 0.4) is 0 Å². The first-order chi connectivity index (χ1) is 13.0. The topological polar surface area (TPSA) is 96.0 Å². The third-order valence-electron chi connectivity index (χ3n) is 3.89. The first-order valence-electron chi connectivity index (χ1n) is 8.15. The molecule has 1 N–H and O–H groups in total. The second kappa shape index (κ2) is 7.86. The Morgan fingerprint density at radius 3 is 2.37 bits per heavy atom. The normalized spacial score (nSPS) is 10.5. The SMILES string of the molecule is COc1cc(OC)c(Cc2ccc(C(=O)Nc3nc(C)co3)o2)c(OC)c1. The van der Waals surface area contributed by atoms with Gasteiger partial charge in [0.2, 0.25) is 0 Å². The molecule has 0 aliphatic rings. The van der Waals surface area contributed by atoms with Crippen molar-refractivity contribution in [3.05, 3.63) is 53.3 Å². The van der Waals surface area contributed by atoms with Gasteiger partial charge >= 0.3 is 6.01 Å². The molecule has 1 aromatic carbocycles. The highest BCUT2D eigenvalue weighted by Gasteiger charge is 2.18. The van der Waals surface area contributed by atoms with Gasteiger partial charge in [-0.1, -0.05) is 0 Å². The maximum absolute atomic E-state index is 12.2. The average Bonchev–Trinajstić information content (AvgIpc) is 3.30. The predicted octanol–water partition coefficient (Wildman–Crippen LogP) is 3.44. The van der Waals surface area contributed by atoms with Gasteiger partial charge in [-0.2, -0.15) is 4.98 Å². The fraction of sp³-hybridized carbons (Fsp3) is 0.263. The second-order valence-electron chi connectivity index (χ2n) is 5.70. The second-order valence-corrected chi connectivity index (χ2v) is 5.70. The molecule has 3 rings (SSSR count). The number of carbonyl (C=O) groups is 1. The molecular formula is C19H20N2O6. The molecule has 27 heavy (non-hydrogen) atoms. The summed E-state index contributed by atoms with van der Waals surface area (Å²) in [5, 5.41) is 2.54. The summed E-state index contributed by atoms with van der Waals surface area (Å²) in [5.41, 5.74) is 1.45. The number of carbonyl (C=O) groups excluding carboxylic acids is 1. The molecule has 0 aliphatic carbocycles. The van der Waals surface area contributed by atoms with E-state index in [1.807, 2.05) is 0 Å². The minimum absolute atomic E-state index is 0.119. The highest BCUT2D eigenvalue weighted by Crippen LogP contribution is 2.35. The van der Waals surface area contributed by atoms with Crippen LogP contribution in [0.5, 0.6) is 17.2 Å². The predicted molar refractivity (Wildman–Crippen MR) is 96.8 cm³/mol. The molecule has 0 unspecified atom stereocenters. The molecule has 0 bridgehead atoms. The Bertz CT molecular complexity index is 918. The number of ether oxygens (including phenoxy) is 3. The molecule has 2 aromatic heterocycles. The van der Waals surface area contributed by atoms with Gasteiger partial charge in [0.1, 0.15) is 29.3 Å². The number of amides is 1. The number of nitrogens with one attached hydrogen (secondary N) is 1. The molecule has 1 amide bonds. The molecule has 0 atom stereocenters. The molecule has 2 heterocycles. The van der Waals surface area contributed by atoms with Gasteiger partial charge in [0, 0.05) is 24.1 Å². The number of hydrogen-bond donors (Lipinski definition) is 1. The van der Waals surface area contributed by atoms with Crippen LogP contribution < -0.4 is 19.5 Å². The van der Waals surface area contributed by atoms with Crippen molar-refractivity contribution in [2.45, 2.75) is 13.3 Å². The molecule has 0 aliphatic heterocycles. The summed E-state index contributed by atoms with van der Waals surface area (Å²) in [6, 6.07) is 6.95. The van der Waals surface area contributed by atoms with Crippen molar-refractivity contribution >= 4 is 11.9 Å². The zero-order valence-corrected chi connectivity index (χ0v) is 15.5. The van der Waals surface area contributed by atoms with Gasteiger partial charge in [-0.25, -0.2) is 0 Å². The number of methoxy groups -OCH3 is 3. The van der Waals surface area contributed by atoms with Crippen LogP contribution in [0, 0.1) is 6.92 Å². The van der Waals surface area contributed by atoms with E-state index < -0.39 is 5.91 Å². The lowest BCUT2D eigenvalue weighted by Crippen LogP contribution is -2.11. The Kier molecular flexibility index (Phi) is 5.35. The van der Waals surface area contributed by atoms with Crippen molar-refractivity contribution in [1.29, 1.82) is 0 Å². The van der Waals surface area contributed by atoms with E-state index in [-0.39, 0.29) is 11.8 Å². The van der Waals surface area contributed by atoms with E-state index in [0.717, 1.165) is 5.56 Å². The summed E-state index contributed by atoms with van der Waals surface area (Å²) in [6.45, 7) is 1.76. The molecule has 0 radical (unpaired) electrons. The zero-order valence-electron chi connectivity index (χ0n) is 15.5. The van der Waals surface area contributed by atoms with Crippen molar-refractivity contribution in [2.24, 2.45) is 0 Å². The number of aryl methyl sites for hydroxylation is 1. The summed E-state index contributed by atoms with van der Waals surface area (Å²) in [5.74, 6) is 2.09. The minimum Gasteiger partial charge on any atom is -0.496 e. The number of nitrogens with zero attached hydrogens (tertiary/aromatic N) is 1. The van der Waals surface area contributed by atoms with Gasteiger partial charge in [-0.3, -0.25) is 10.1 Å². The number of benzene rings is 1. The lowest BCUT2D eigenvalue weighted by molar-refractivity contribution is 0.0992. The molecule has 0 fully saturated rings. The van der Waals surface area contributed by atoms with Crippen molar-refractivity contribution < 1.29 is 27.8 Å². The summed E-state index contributed by atoms with van der Waals surface area (Å²) in [4.78, 5) is 16.3. The van der Waals surface area contributed by atoms with Crippen LogP contribution in [0.4, 0.5) is 6.01 Å². The van der Waals surface area contributed by atoms with Crippen LogP contribution in [-0.4, -0.2) is 32.2 Å². The molecule has 8 heteroatoms. The van der Waals surface area contributed by atoms with E-state index in [1.54, 1.807) is 52.5 Å². The van der Waals surface area contributed by atoms with Crippen LogP contribution in [0.1, 0.15) is 27.6 Å². The first-order valence-corrected chi connectivity index (χ1v) is 8.15. The van der Waals surface area contributed by atoms with Gasteiger partial charge in [0.15, 0.2) is 5.76 Å². The third-order valence-corrected chi connectivity index (χ3v) is 3.89. The molecule has 3 aromatic rings. The van der Waals surface area contributed by atoms with Crippen LogP contribution in [0.25, 0.3) is 0 Å². The van der Waals surface area contributed by atoms with Crippen LogP contribution in [0.2, 0.25) is 0 Å². The molecule has 0 saturated heterocycles. The monoisotopic (exact) mass is 372 g/mol. The van der Waals surface area contributed by atoms with E-state index in [4.69, 9.17) is 23.0 Å². The van der Waals surface area contributed by atoms with Crippen LogP contribution >= 0.6 is 0 Å². The fourth-order valence-corrected chi connectivity index (χ4v) is 2.59. The molecule has 142 valence electrons. The molecule has 8 nitrogen and oxygen atoms in total. The Balaban J connectivity index is 1.80. The maximum Gasteiger partial charge on any atom is 0.301 e. The number of furan rings is 1. The first kappa shape index (κ1) is 18.4. The largest absolute Gasteiger partial charge is 0.496 e. The molecule has 0 spiro atoms. The Morgan fingerprint density at radius 2 is 1.81 bits per heavy atom. The maximum atomic E-state index is 12.2. The van der Waals surface area contributed by atoms with Crippen molar-refractivity contribution in [3.8, 4) is 17.2 Å². The highest BCUT2D eigenvalue weighted by molar-refractivity contribution is 6.01. The molecule has 0 saturated carbocycles. The summed E-state index contributed by atoms with van der Waals surface area (Å²) >= 11 is 0. The Labute approximate surface area is 156 Å². The van der Waals surface area contributed by atoms with Gasteiger partial charge in [-0.05, 0) is 19.1 Å². The van der Waals surface area contributed by atoms with E-state index in [1.165, 1.54) is 6.26 Å². The van der Waals surface area contributed by atoms with Gasteiger partial charge in [-0.15, -0.1) is 0 Å². The summed E-state index contributed by atoms with van der Waals surface area (Å²) < 4.78 is 26.9. The van der Waals surface area contributed by atoms with E-state index in [2.05, 4.69) is 10.3 Å². The average molecular weight is 372 g/mol. The smallest absolute Gasteiger partial charge is 0.301 e. The Morgan fingerprint density at radius 1 is 1.11 bits per heavy atom. The van der Waals surface area contributed by atoms with E-state index >= 15 is 0 Å². The molecular weight excluding hydrogens is 352 g/mol. The van der Waals surface area contributed by atoms with Crippen molar-refractivity contribution in [3.63, 3.8) is 0 Å². The van der Waals surface area contributed by atoms with Crippen LogP contribution in [-0.2, 0) is 6.42 Å². The summed E-state index contributed by atoms with van der Waals surface area (Å²) in [7, 11) is 4.70. The van der Waals surface area contributed by atoms with E-state index in [9.17, 15) is 4.79 Å². The van der Waals surface area contributed by atoms with Crippen molar-refractivity contribution in [2.75, 3.05) is 26.6 Å². The lowest BCUT2D eigenvalue weighted by Gasteiger charge is -2.14. The number of oxazole rings is 1. The third kappa shape index (κ3) is 4.05. The summed E-state index contributed by atoms with van der Waals surface area (Å²) in [6.07, 6.45) is 1.83. The van der Waals surface area contributed by atoms with Gasteiger partial charge in [0.05, 0.1) is 27.0 Å². The Hall–Kier alpha value is -3.42. The highest BCUT2D eigenvalue weighted by atomic mass is 16.5. The quantitative estimate of drug-likeness (QED) is 0.678. The lowest BCUT2D eigenvalue weighted by atomic mass is 10.1. The number of anilines is 1. The standard InChI is InChI=1S/C19H20N2O6/c1-11-10-26-19(20-11)21-18(22)15-6-5-12(27-15)7-14-16(24-3)8-13(23-2)9-17(14)25-4/h5-6,8-10H,7H2,1-4H3,(H,20,21,22). The zero-order chi connectivity index (χ0) is 19.4. The van der Waals surface area contributed by atoms with E-state index in [0.29, 0.717) is 35.1 Å². The van der Waals surface area contributed by atoms with Crippen molar-refractivity contribution in [1.82, 2.24) is 4.98 Å².